The van der Waals surface area contributed by atoms with Crippen LogP contribution in [-0.2, 0) is 5.92 Å². The summed E-state index contributed by atoms with van der Waals surface area (Å²) >= 11 is 0. The number of alkyl halides is 5. The summed E-state index contributed by atoms with van der Waals surface area (Å²) in [6.07, 6.45) is -5.55. The fourth-order valence-electron chi connectivity index (χ4n) is 1.66. The average molecular weight is 334 g/mol. The van der Waals surface area contributed by atoms with Crippen molar-refractivity contribution in [2.45, 2.75) is 12.1 Å². The van der Waals surface area contributed by atoms with Crippen LogP contribution in [0.1, 0.15) is 16.2 Å². The number of halogens is 5. The second-order valence-corrected chi connectivity index (χ2v) is 4.38. The summed E-state index contributed by atoms with van der Waals surface area (Å²) in [4.78, 5) is 17.0. The van der Waals surface area contributed by atoms with E-state index in [9.17, 15) is 26.7 Å². The van der Waals surface area contributed by atoms with Crippen molar-refractivity contribution in [1.82, 2.24) is 9.97 Å². The highest BCUT2D eigenvalue weighted by Gasteiger charge is 2.61. The predicted octanol–water partition coefficient (Wildman–Crippen LogP) is 3.20. The van der Waals surface area contributed by atoms with Gasteiger partial charge in [-0.2, -0.15) is 22.0 Å². The van der Waals surface area contributed by atoms with Crippen LogP contribution in [0.5, 0.6) is 5.75 Å². The van der Waals surface area contributed by atoms with Crippen LogP contribution in [0.15, 0.2) is 30.5 Å². The summed E-state index contributed by atoms with van der Waals surface area (Å²) < 4.78 is 63.8. The molecule has 0 aliphatic heterocycles. The minimum atomic E-state index is -5.93. The lowest BCUT2D eigenvalue weighted by Crippen LogP contribution is -2.35. The number of carboxylic acids is 1. The van der Waals surface area contributed by atoms with E-state index < -0.39 is 35.1 Å². The number of hydrogen-bond donors (Lipinski definition) is 2. The Labute approximate surface area is 125 Å². The first kappa shape index (κ1) is 16.6. The van der Waals surface area contributed by atoms with Gasteiger partial charge in [0.05, 0.1) is 5.69 Å². The lowest BCUT2D eigenvalue weighted by Gasteiger charge is -2.18. The number of nitrogens with zero attached hydrogens (tertiary/aromatic N) is 2. The van der Waals surface area contributed by atoms with E-state index in [1.54, 1.807) is 0 Å². The van der Waals surface area contributed by atoms with E-state index in [0.29, 0.717) is 6.20 Å². The number of benzene rings is 1. The first-order chi connectivity index (χ1) is 10.5. The number of rotatable bonds is 3. The van der Waals surface area contributed by atoms with E-state index in [4.69, 9.17) is 10.2 Å². The van der Waals surface area contributed by atoms with Crippen LogP contribution in [0.4, 0.5) is 22.0 Å². The molecular weight excluding hydrogens is 327 g/mol. The summed E-state index contributed by atoms with van der Waals surface area (Å²) in [5.41, 5.74) is -1.34. The van der Waals surface area contributed by atoms with Gasteiger partial charge in [-0.05, 0) is 24.3 Å². The first-order valence-corrected chi connectivity index (χ1v) is 5.89. The maximum atomic E-state index is 13.3. The van der Waals surface area contributed by atoms with Gasteiger partial charge >= 0.3 is 18.1 Å². The van der Waals surface area contributed by atoms with Gasteiger partial charge in [-0.25, -0.2) is 14.8 Å². The van der Waals surface area contributed by atoms with Crippen molar-refractivity contribution < 1.29 is 37.0 Å². The molecule has 0 aliphatic carbocycles. The SMILES string of the molecule is O=C(O)c1cnc(C(F)(F)C(F)(F)F)nc1-c1ccc(O)cc1. The Bertz CT molecular complexity index is 744. The molecule has 5 nitrogen and oxygen atoms in total. The standard InChI is InChI=1S/C13H7F5N2O3/c14-12(15,13(16,17)18)11-19-5-8(10(22)23)9(20-11)6-1-3-7(21)4-2-6/h1-5,21H,(H,22,23). The van der Waals surface area contributed by atoms with Gasteiger partial charge in [-0.3, -0.25) is 0 Å². The number of aromatic hydroxyl groups is 1. The number of aromatic nitrogens is 2. The van der Waals surface area contributed by atoms with E-state index in [-0.39, 0.29) is 11.3 Å². The van der Waals surface area contributed by atoms with Crippen LogP contribution in [0.2, 0.25) is 0 Å². The van der Waals surface area contributed by atoms with E-state index >= 15 is 0 Å². The first-order valence-electron chi connectivity index (χ1n) is 5.89. The van der Waals surface area contributed by atoms with Crippen LogP contribution in [0.25, 0.3) is 11.3 Å². The number of carbonyl (C=O) groups is 1. The molecule has 1 aromatic carbocycles. The molecule has 0 spiro atoms. The van der Waals surface area contributed by atoms with Gasteiger partial charge in [0, 0.05) is 11.8 Å². The molecule has 0 atom stereocenters. The number of phenolic OH excluding ortho intramolecular Hbond substituents is 1. The van der Waals surface area contributed by atoms with Gasteiger partial charge in [0.2, 0.25) is 5.82 Å². The molecule has 0 saturated carbocycles. The third-order valence-corrected chi connectivity index (χ3v) is 2.80. The van der Waals surface area contributed by atoms with Gasteiger partial charge in [0.25, 0.3) is 0 Å². The van der Waals surface area contributed by atoms with Crippen LogP contribution in [0.3, 0.4) is 0 Å². The number of phenols is 1. The zero-order chi connectivity index (χ0) is 17.4. The molecule has 1 heterocycles. The summed E-state index contributed by atoms with van der Waals surface area (Å²) in [6, 6.07) is 4.45. The van der Waals surface area contributed by atoms with E-state index in [1.807, 2.05) is 0 Å². The second-order valence-electron chi connectivity index (χ2n) is 4.38. The molecule has 0 radical (unpaired) electrons. The molecule has 0 amide bonds. The van der Waals surface area contributed by atoms with Gasteiger partial charge in [0.1, 0.15) is 11.3 Å². The smallest absolute Gasteiger partial charge is 0.461 e. The second kappa shape index (κ2) is 5.45. The predicted molar refractivity (Wildman–Crippen MR) is 66.0 cm³/mol. The van der Waals surface area contributed by atoms with Gasteiger partial charge in [0.15, 0.2) is 0 Å². The molecule has 2 aromatic rings. The van der Waals surface area contributed by atoms with E-state index in [0.717, 1.165) is 24.3 Å². The Morgan fingerprint density at radius 3 is 2.09 bits per heavy atom. The zero-order valence-electron chi connectivity index (χ0n) is 11.0. The van der Waals surface area contributed by atoms with Crippen molar-refractivity contribution >= 4 is 5.97 Å². The van der Waals surface area contributed by atoms with Crippen LogP contribution >= 0.6 is 0 Å². The maximum absolute atomic E-state index is 13.3. The van der Waals surface area contributed by atoms with Crippen molar-refractivity contribution in [3.8, 4) is 17.0 Å². The molecule has 0 fully saturated rings. The highest BCUT2D eigenvalue weighted by atomic mass is 19.4. The monoisotopic (exact) mass is 334 g/mol. The van der Waals surface area contributed by atoms with E-state index in [1.165, 1.54) is 0 Å². The highest BCUT2D eigenvalue weighted by molar-refractivity contribution is 5.94. The molecule has 122 valence electrons. The highest BCUT2D eigenvalue weighted by Crippen LogP contribution is 2.42. The summed E-state index contributed by atoms with van der Waals surface area (Å²) in [5.74, 6) is -9.01. The van der Waals surface area contributed by atoms with Gasteiger partial charge in [-0.15, -0.1) is 0 Å². The molecule has 2 N–H and O–H groups in total. The molecule has 0 aliphatic rings. The Hall–Kier alpha value is -2.78. The molecular formula is C13H7F5N2O3. The molecule has 0 unspecified atom stereocenters. The Kier molecular flexibility index (Phi) is 3.93. The minimum Gasteiger partial charge on any atom is -0.508 e. The molecule has 1 aromatic heterocycles. The Morgan fingerprint density at radius 2 is 1.61 bits per heavy atom. The fraction of sp³-hybridized carbons (Fsp3) is 0.154. The average Bonchev–Trinajstić information content (AvgIpc) is 2.46. The maximum Gasteiger partial charge on any atom is 0.461 e. The number of carboxylic acid groups (broad SMARTS) is 1. The van der Waals surface area contributed by atoms with Crippen LogP contribution < -0.4 is 0 Å². The normalized spacial score (nSPS) is 12.2. The summed E-state index contributed by atoms with van der Waals surface area (Å²) in [7, 11) is 0. The largest absolute Gasteiger partial charge is 0.508 e. The quantitative estimate of drug-likeness (QED) is 0.842. The number of aromatic carboxylic acids is 1. The third-order valence-electron chi connectivity index (χ3n) is 2.80. The topological polar surface area (TPSA) is 83.3 Å². The minimum absolute atomic E-state index is 0.0678. The molecule has 0 saturated heterocycles. The summed E-state index contributed by atoms with van der Waals surface area (Å²) in [6.45, 7) is 0. The van der Waals surface area contributed by atoms with Crippen molar-refractivity contribution in [1.29, 1.82) is 0 Å². The van der Waals surface area contributed by atoms with Gasteiger partial charge < -0.3 is 10.2 Å². The molecule has 23 heavy (non-hydrogen) atoms. The van der Waals surface area contributed by atoms with Crippen molar-refractivity contribution in [2.75, 3.05) is 0 Å². The lowest BCUT2D eigenvalue weighted by atomic mass is 10.1. The zero-order valence-corrected chi connectivity index (χ0v) is 11.0. The van der Waals surface area contributed by atoms with Crippen LogP contribution in [0, 0.1) is 0 Å². The Balaban J connectivity index is 2.66. The van der Waals surface area contributed by atoms with Crippen molar-refractivity contribution in [2.24, 2.45) is 0 Å². The van der Waals surface area contributed by atoms with Crippen molar-refractivity contribution in [3.63, 3.8) is 0 Å². The molecule has 0 bridgehead atoms. The van der Waals surface area contributed by atoms with Crippen molar-refractivity contribution in [3.05, 3.63) is 41.9 Å². The third kappa shape index (κ3) is 3.05. The number of hydrogen-bond acceptors (Lipinski definition) is 4. The van der Waals surface area contributed by atoms with Gasteiger partial charge in [-0.1, -0.05) is 0 Å². The lowest BCUT2D eigenvalue weighted by molar-refractivity contribution is -0.292. The van der Waals surface area contributed by atoms with E-state index in [2.05, 4.69) is 9.97 Å². The van der Waals surface area contributed by atoms with Crippen LogP contribution in [-0.4, -0.2) is 32.3 Å². The summed E-state index contributed by atoms with van der Waals surface area (Å²) in [5, 5.41) is 18.2. The molecule has 2 rings (SSSR count). The fourth-order valence-corrected chi connectivity index (χ4v) is 1.66. The Morgan fingerprint density at radius 1 is 1.04 bits per heavy atom. The molecule has 10 heteroatoms.